The molecule has 2 aromatic carbocycles. The quantitative estimate of drug-likeness (QED) is 0.821. The fourth-order valence-electron chi connectivity index (χ4n) is 4.09. The highest BCUT2D eigenvalue weighted by atomic mass is 35.5. The van der Waals surface area contributed by atoms with Crippen LogP contribution >= 0.6 is 11.6 Å². The molecule has 2 heterocycles. The van der Waals surface area contributed by atoms with Crippen molar-refractivity contribution in [3.8, 4) is 5.75 Å². The molecule has 0 aromatic heterocycles. The number of imide groups is 1. The van der Waals surface area contributed by atoms with E-state index in [1.54, 1.807) is 12.1 Å². The molecule has 0 radical (unpaired) electrons. The van der Waals surface area contributed by atoms with E-state index in [0.29, 0.717) is 16.5 Å². The van der Waals surface area contributed by atoms with E-state index in [1.807, 2.05) is 19.1 Å². The average Bonchev–Trinajstić information content (AvgIpc) is 2.97. The van der Waals surface area contributed by atoms with Crippen molar-refractivity contribution >= 4 is 29.1 Å². The summed E-state index contributed by atoms with van der Waals surface area (Å²) in [6.45, 7) is 3.47. The number of hydrogen-bond acceptors (Lipinski definition) is 3. The summed E-state index contributed by atoms with van der Waals surface area (Å²) in [7, 11) is 1.51. The molecule has 0 bridgehead atoms. The molecule has 0 saturated carbocycles. The molecule has 0 spiro atoms. The number of halogens is 1. The Labute approximate surface area is 163 Å². The van der Waals surface area contributed by atoms with E-state index in [0.717, 1.165) is 30.0 Å². The van der Waals surface area contributed by atoms with E-state index in [1.165, 1.54) is 23.1 Å². The third kappa shape index (κ3) is 3.11. The van der Waals surface area contributed by atoms with Gasteiger partial charge in [0.25, 0.3) is 5.91 Å². The number of fused-ring (bicyclic) bond motifs is 1. The van der Waals surface area contributed by atoms with Crippen LogP contribution in [-0.4, -0.2) is 31.5 Å². The number of ether oxygens (including phenoxy) is 1. The number of anilines is 1. The minimum Gasteiger partial charge on any atom is -0.495 e. The van der Waals surface area contributed by atoms with E-state index in [9.17, 15) is 9.59 Å². The van der Waals surface area contributed by atoms with Crippen LogP contribution in [0.5, 0.6) is 5.75 Å². The molecule has 1 fully saturated rings. The van der Waals surface area contributed by atoms with Crippen LogP contribution in [0.2, 0.25) is 5.02 Å². The zero-order chi connectivity index (χ0) is 19.1. The molecule has 27 heavy (non-hydrogen) atoms. The first-order valence-corrected chi connectivity index (χ1v) is 9.49. The third-order valence-corrected chi connectivity index (χ3v) is 6.00. The minimum atomic E-state index is -0.355. The molecule has 2 atom stereocenters. The predicted octanol–water partition coefficient (Wildman–Crippen LogP) is 1.93. The smallest absolute Gasteiger partial charge is 0.292 e. The van der Waals surface area contributed by atoms with Gasteiger partial charge in [-0.05, 0) is 24.1 Å². The molecule has 1 saturated heterocycles. The van der Waals surface area contributed by atoms with Crippen LogP contribution < -0.4 is 14.5 Å². The number of hydrogen-bond donors (Lipinski definition) is 1. The summed E-state index contributed by atoms with van der Waals surface area (Å²) in [5, 5.41) is 0.546. The van der Waals surface area contributed by atoms with Gasteiger partial charge in [-0.3, -0.25) is 9.59 Å². The first-order chi connectivity index (χ1) is 13.0. The van der Waals surface area contributed by atoms with Crippen molar-refractivity contribution in [1.82, 2.24) is 0 Å². The van der Waals surface area contributed by atoms with Crippen LogP contribution in [0.4, 0.5) is 5.69 Å². The topological polar surface area (TPSA) is 51.0 Å². The zero-order valence-electron chi connectivity index (χ0n) is 15.4. The molecule has 0 aliphatic carbocycles. The van der Waals surface area contributed by atoms with E-state index in [-0.39, 0.29) is 24.3 Å². The third-order valence-electron chi connectivity index (χ3n) is 5.59. The lowest BCUT2D eigenvalue weighted by Crippen LogP contribution is -3.16. The van der Waals surface area contributed by atoms with Gasteiger partial charge in [-0.15, -0.1) is 0 Å². The van der Waals surface area contributed by atoms with Crippen molar-refractivity contribution in [2.75, 3.05) is 18.6 Å². The largest absolute Gasteiger partial charge is 0.495 e. The van der Waals surface area contributed by atoms with Crippen molar-refractivity contribution in [2.24, 2.45) is 0 Å². The number of nitrogens with zero attached hydrogens (tertiary/aromatic N) is 1. The number of benzene rings is 2. The molecule has 4 rings (SSSR count). The summed E-state index contributed by atoms with van der Waals surface area (Å²) >= 11 is 6.17. The van der Waals surface area contributed by atoms with Crippen LogP contribution in [0.15, 0.2) is 36.4 Å². The maximum absolute atomic E-state index is 13.2. The second-order valence-corrected chi connectivity index (χ2v) is 7.61. The molecule has 6 heteroatoms. The van der Waals surface area contributed by atoms with Gasteiger partial charge in [0.15, 0.2) is 6.04 Å². The molecule has 140 valence electrons. The van der Waals surface area contributed by atoms with E-state index >= 15 is 0 Å². The molecule has 2 aliphatic heterocycles. The Hall–Kier alpha value is -2.37. The van der Waals surface area contributed by atoms with Crippen LogP contribution in [0, 0.1) is 6.92 Å². The van der Waals surface area contributed by atoms with Crippen LogP contribution in [0.25, 0.3) is 0 Å². The molecule has 2 aromatic rings. The maximum Gasteiger partial charge on any atom is 0.292 e. The Morgan fingerprint density at radius 1 is 1.19 bits per heavy atom. The van der Waals surface area contributed by atoms with Gasteiger partial charge in [0.05, 0.1) is 25.8 Å². The monoisotopic (exact) mass is 385 g/mol. The number of nitrogens with one attached hydrogen (secondary N) is 1. The number of carbonyl (C=O) groups is 2. The Morgan fingerprint density at radius 2 is 1.93 bits per heavy atom. The van der Waals surface area contributed by atoms with Gasteiger partial charge in [-0.25, -0.2) is 4.90 Å². The molecular weight excluding hydrogens is 364 g/mol. The van der Waals surface area contributed by atoms with E-state index in [2.05, 4.69) is 12.1 Å². The molecular formula is C21H22ClN2O3+. The number of rotatable bonds is 3. The number of amides is 2. The second-order valence-electron chi connectivity index (χ2n) is 7.20. The summed E-state index contributed by atoms with van der Waals surface area (Å²) in [6.07, 6.45) is 1.15. The van der Waals surface area contributed by atoms with Gasteiger partial charge in [-0.1, -0.05) is 35.9 Å². The van der Waals surface area contributed by atoms with Crippen LogP contribution in [0.3, 0.4) is 0 Å². The lowest BCUT2D eigenvalue weighted by Gasteiger charge is -2.29. The summed E-state index contributed by atoms with van der Waals surface area (Å²) in [6, 6.07) is 11.4. The summed E-state index contributed by atoms with van der Waals surface area (Å²) in [4.78, 5) is 28.4. The van der Waals surface area contributed by atoms with Gasteiger partial charge in [0.1, 0.15) is 12.3 Å². The fraction of sp³-hybridized carbons (Fsp3) is 0.333. The minimum absolute atomic E-state index is 0.158. The van der Waals surface area contributed by atoms with Crippen molar-refractivity contribution in [1.29, 1.82) is 0 Å². The lowest BCUT2D eigenvalue weighted by molar-refractivity contribution is -0.930. The summed E-state index contributed by atoms with van der Waals surface area (Å²) in [5.41, 5.74) is 3.88. The Morgan fingerprint density at radius 3 is 2.67 bits per heavy atom. The van der Waals surface area contributed by atoms with Crippen molar-refractivity contribution in [2.45, 2.75) is 32.4 Å². The molecule has 1 N–H and O–H groups in total. The molecule has 2 aliphatic rings. The highest BCUT2D eigenvalue weighted by Crippen LogP contribution is 2.36. The van der Waals surface area contributed by atoms with Crippen LogP contribution in [-0.2, 0) is 22.6 Å². The van der Waals surface area contributed by atoms with Crippen LogP contribution in [0.1, 0.15) is 23.1 Å². The van der Waals surface area contributed by atoms with Gasteiger partial charge in [0.2, 0.25) is 5.91 Å². The normalized spacial score (nSPS) is 22.1. The SMILES string of the molecule is COc1cc(Cl)c(C)cc1N1C(=O)C[C@@H]([NH+]2CCc3ccccc3C2)C1=O. The Balaban J connectivity index is 1.63. The molecule has 5 nitrogen and oxygen atoms in total. The number of aryl methyl sites for hydroxylation is 1. The molecule has 1 unspecified atom stereocenters. The maximum atomic E-state index is 13.2. The first-order valence-electron chi connectivity index (χ1n) is 9.12. The number of quaternary nitrogens is 1. The fourth-order valence-corrected chi connectivity index (χ4v) is 4.24. The first kappa shape index (κ1) is 18.0. The van der Waals surface area contributed by atoms with Gasteiger partial charge in [0, 0.05) is 23.1 Å². The van der Waals surface area contributed by atoms with Crippen molar-refractivity contribution < 1.29 is 19.2 Å². The number of carbonyl (C=O) groups excluding carboxylic acids is 2. The predicted molar refractivity (Wildman–Crippen MR) is 103 cm³/mol. The van der Waals surface area contributed by atoms with Gasteiger partial charge >= 0.3 is 0 Å². The van der Waals surface area contributed by atoms with E-state index in [4.69, 9.17) is 16.3 Å². The van der Waals surface area contributed by atoms with Gasteiger partial charge < -0.3 is 9.64 Å². The highest BCUT2D eigenvalue weighted by molar-refractivity contribution is 6.32. The standard InChI is InChI=1S/C21H21ClN2O3/c1-13-9-17(19(27-2)10-16(13)22)24-20(25)11-18(21(24)26)23-8-7-14-5-3-4-6-15(14)12-23/h3-6,9-10,18H,7-8,11-12H2,1-2H3/p+1/t18-/m1/s1. The average molecular weight is 386 g/mol. The van der Waals surface area contributed by atoms with E-state index < -0.39 is 0 Å². The Kier molecular flexibility index (Phi) is 4.66. The highest BCUT2D eigenvalue weighted by Gasteiger charge is 2.47. The molecule has 2 amide bonds. The second kappa shape index (κ2) is 6.98. The summed E-state index contributed by atoms with van der Waals surface area (Å²) in [5.74, 6) is 0.0951. The number of methoxy groups -OCH3 is 1. The zero-order valence-corrected chi connectivity index (χ0v) is 16.2. The Bertz CT molecular complexity index is 928. The lowest BCUT2D eigenvalue weighted by atomic mass is 9.98. The van der Waals surface area contributed by atoms with Crippen molar-refractivity contribution in [3.63, 3.8) is 0 Å². The van der Waals surface area contributed by atoms with Gasteiger partial charge in [-0.2, -0.15) is 0 Å². The van der Waals surface area contributed by atoms with Crippen molar-refractivity contribution in [3.05, 3.63) is 58.1 Å². The summed E-state index contributed by atoms with van der Waals surface area (Å²) < 4.78 is 5.38.